The smallest absolute Gasteiger partial charge is 0.270 e. The molecule has 0 aromatic carbocycles. The van der Waals surface area contributed by atoms with E-state index in [-0.39, 0.29) is 12.3 Å². The second-order valence-electron chi connectivity index (χ2n) is 5.61. The summed E-state index contributed by atoms with van der Waals surface area (Å²) >= 11 is 0. The molecule has 25 heavy (non-hydrogen) atoms. The number of hydrogen-bond acceptors (Lipinski definition) is 5. The molecule has 1 aromatic heterocycles. The molecule has 0 amide bonds. The summed E-state index contributed by atoms with van der Waals surface area (Å²) in [6, 6.07) is 3.75. The van der Waals surface area contributed by atoms with E-state index in [4.69, 9.17) is 0 Å². The first-order valence-corrected chi connectivity index (χ1v) is 7.91. The van der Waals surface area contributed by atoms with Gasteiger partial charge in [-0.3, -0.25) is 9.98 Å². The maximum atomic E-state index is 13.3. The number of aliphatic imine (C=N–C) groups is 1. The molecule has 0 bridgehead atoms. The molecule has 5 nitrogen and oxygen atoms in total. The maximum absolute atomic E-state index is 13.3. The third-order valence-electron chi connectivity index (χ3n) is 3.81. The van der Waals surface area contributed by atoms with Crippen molar-refractivity contribution in [2.45, 2.75) is 26.6 Å². The minimum Gasteiger partial charge on any atom is -0.386 e. The monoisotopic (exact) mass is 343 g/mol. The van der Waals surface area contributed by atoms with E-state index in [1.165, 1.54) is 24.6 Å². The van der Waals surface area contributed by atoms with Crippen LogP contribution in [0.3, 0.4) is 0 Å². The second kappa shape index (κ2) is 7.96. The van der Waals surface area contributed by atoms with Gasteiger partial charge in [-0.2, -0.15) is 10.2 Å². The summed E-state index contributed by atoms with van der Waals surface area (Å²) in [5, 5.41) is 11.4. The predicted molar refractivity (Wildman–Crippen MR) is 101 cm³/mol. The number of nitrogens with one attached hydrogen (secondary N) is 1. The Labute approximate surface area is 146 Å². The number of allylic oxidation sites excluding steroid dienone is 3. The van der Waals surface area contributed by atoms with Crippen molar-refractivity contribution in [3.05, 3.63) is 47.9 Å². The Morgan fingerprint density at radius 1 is 1.36 bits per heavy atom. The van der Waals surface area contributed by atoms with Gasteiger partial charge >= 0.3 is 0 Å². The van der Waals surface area contributed by atoms with Crippen molar-refractivity contribution < 1.29 is 8.78 Å². The van der Waals surface area contributed by atoms with Crippen LogP contribution >= 0.6 is 0 Å². The van der Waals surface area contributed by atoms with Crippen molar-refractivity contribution in [2.75, 3.05) is 12.4 Å². The first-order valence-electron chi connectivity index (χ1n) is 7.91. The van der Waals surface area contributed by atoms with Crippen LogP contribution in [0.15, 0.2) is 57.4 Å². The lowest BCUT2D eigenvalue weighted by Crippen LogP contribution is -2.31. The summed E-state index contributed by atoms with van der Waals surface area (Å²) in [4.78, 5) is 8.41. The Balaban J connectivity index is 2.08. The molecule has 8 heteroatoms. The second-order valence-corrected chi connectivity index (χ2v) is 5.61. The highest BCUT2D eigenvalue weighted by Crippen LogP contribution is 2.23. The lowest BCUT2D eigenvalue weighted by atomic mass is 9.44. The molecule has 130 valence electrons. The van der Waals surface area contributed by atoms with Crippen molar-refractivity contribution in [3.63, 3.8) is 0 Å². The topological polar surface area (TPSA) is 62.0 Å². The van der Waals surface area contributed by atoms with Gasteiger partial charge in [0.1, 0.15) is 5.69 Å². The van der Waals surface area contributed by atoms with Crippen LogP contribution in [0.1, 0.15) is 19.5 Å². The van der Waals surface area contributed by atoms with E-state index in [1.54, 1.807) is 13.1 Å². The Morgan fingerprint density at radius 2 is 2.12 bits per heavy atom. The van der Waals surface area contributed by atoms with Gasteiger partial charge in [0.05, 0.1) is 16.9 Å². The van der Waals surface area contributed by atoms with Crippen molar-refractivity contribution in [1.29, 1.82) is 0 Å². The number of alkyl halides is 2. The van der Waals surface area contributed by atoms with Crippen molar-refractivity contribution in [3.8, 4) is 0 Å². The van der Waals surface area contributed by atoms with Gasteiger partial charge in [-0.25, -0.2) is 8.78 Å². The molecule has 0 radical (unpaired) electrons. The standard InChI is InChI=1S/C17H20BF2N5/c1-5-12(17(2,19)20)8-10-22-11-14-18(3)16(25-24-14)15-13(21-4)7-6-9-23-15/h5-11,21H,1-4H3/b10-8-,12-5+,22-11?. The molecule has 1 aliphatic rings. The zero-order chi connectivity index (χ0) is 18.4. The minimum absolute atomic E-state index is 0.0878. The first kappa shape index (κ1) is 18.7. The lowest BCUT2D eigenvalue weighted by Gasteiger charge is -2.10. The molecule has 1 N–H and O–H groups in total. The van der Waals surface area contributed by atoms with Crippen molar-refractivity contribution in [2.24, 2.45) is 15.2 Å². The minimum atomic E-state index is -2.89. The molecule has 2 rings (SSSR count). The summed E-state index contributed by atoms with van der Waals surface area (Å²) in [6.45, 7) is 4.28. The van der Waals surface area contributed by atoms with Crippen LogP contribution < -0.4 is 5.32 Å². The molecule has 0 unspecified atom stereocenters. The fourth-order valence-electron chi connectivity index (χ4n) is 2.36. The number of anilines is 1. The van der Waals surface area contributed by atoms with Gasteiger partial charge in [-0.1, -0.05) is 12.9 Å². The summed E-state index contributed by atoms with van der Waals surface area (Å²) in [5.74, 6) is -2.89. The molecule has 0 aliphatic carbocycles. The highest BCUT2D eigenvalue weighted by Gasteiger charge is 2.29. The normalized spacial score (nSPS) is 15.9. The molecule has 2 heterocycles. The van der Waals surface area contributed by atoms with Gasteiger partial charge in [0.15, 0.2) is 0 Å². The van der Waals surface area contributed by atoms with Gasteiger partial charge in [0.25, 0.3) is 12.6 Å². The van der Waals surface area contributed by atoms with E-state index in [0.29, 0.717) is 5.61 Å². The highest BCUT2D eigenvalue weighted by molar-refractivity contribution is 7.19. The zero-order valence-electron chi connectivity index (χ0n) is 14.7. The van der Waals surface area contributed by atoms with Crippen LogP contribution in [0.25, 0.3) is 0 Å². The van der Waals surface area contributed by atoms with Crippen LogP contribution in [0.2, 0.25) is 6.82 Å². The van der Waals surface area contributed by atoms with Gasteiger partial charge in [-0.05, 0) is 25.1 Å². The average molecular weight is 343 g/mol. The number of nitrogens with zero attached hydrogens (tertiary/aromatic N) is 4. The molecule has 1 aliphatic heterocycles. The highest BCUT2D eigenvalue weighted by atomic mass is 19.3. The van der Waals surface area contributed by atoms with Crippen LogP contribution in [-0.4, -0.2) is 42.1 Å². The summed E-state index contributed by atoms with van der Waals surface area (Å²) < 4.78 is 26.5. The van der Waals surface area contributed by atoms with Crippen molar-refractivity contribution >= 4 is 29.8 Å². The van der Waals surface area contributed by atoms with Gasteiger partial charge in [-0.15, -0.1) is 0 Å². The molecule has 1 aromatic rings. The first-order chi connectivity index (χ1) is 11.9. The number of halogens is 2. The molecule has 0 saturated carbocycles. The van der Waals surface area contributed by atoms with Gasteiger partial charge in [0.2, 0.25) is 0 Å². The molecule has 0 atom stereocenters. The summed E-state index contributed by atoms with van der Waals surface area (Å²) in [6.07, 6.45) is 7.21. The molecule has 0 spiro atoms. The fourth-order valence-corrected chi connectivity index (χ4v) is 2.36. The SMILES string of the molecule is C/C=C(\C=C/N=CC1=NN=C(c2ncccc2NC)B1C)C(C)(F)F. The zero-order valence-corrected chi connectivity index (χ0v) is 14.7. The number of aromatic nitrogens is 1. The van der Waals surface area contributed by atoms with Crippen molar-refractivity contribution in [1.82, 2.24) is 4.98 Å². The van der Waals surface area contributed by atoms with E-state index < -0.39 is 5.92 Å². The van der Waals surface area contributed by atoms with E-state index >= 15 is 0 Å². The number of hydrogen-bond donors (Lipinski definition) is 1. The molecular formula is C17H20BF2N5. The van der Waals surface area contributed by atoms with Gasteiger partial charge in [0, 0.05) is 38.2 Å². The fraction of sp³-hybridized carbons (Fsp3) is 0.294. The number of rotatable bonds is 6. The maximum Gasteiger partial charge on any atom is 0.270 e. The third-order valence-corrected chi connectivity index (χ3v) is 3.81. The van der Waals surface area contributed by atoms with E-state index in [1.807, 2.05) is 26.0 Å². The average Bonchev–Trinajstić information content (AvgIpc) is 2.94. The van der Waals surface area contributed by atoms with E-state index in [0.717, 1.165) is 23.9 Å². The Hall–Kier alpha value is -2.64. The number of pyridine rings is 1. The van der Waals surface area contributed by atoms with Gasteiger partial charge < -0.3 is 5.32 Å². The van der Waals surface area contributed by atoms with Crippen LogP contribution in [0.5, 0.6) is 0 Å². The van der Waals surface area contributed by atoms with Crippen LogP contribution in [0.4, 0.5) is 14.5 Å². The molecule has 0 fully saturated rings. The summed E-state index contributed by atoms with van der Waals surface area (Å²) in [7, 11) is 1.82. The summed E-state index contributed by atoms with van der Waals surface area (Å²) in [5.41, 5.74) is 2.91. The van der Waals surface area contributed by atoms with E-state index in [2.05, 4.69) is 25.5 Å². The molecular weight excluding hydrogens is 323 g/mol. The Kier molecular flexibility index (Phi) is 5.95. The quantitative estimate of drug-likeness (QED) is 0.487. The Morgan fingerprint density at radius 3 is 2.76 bits per heavy atom. The largest absolute Gasteiger partial charge is 0.386 e. The molecule has 0 saturated heterocycles. The van der Waals surface area contributed by atoms with E-state index in [9.17, 15) is 8.78 Å². The Bertz CT molecular complexity index is 775. The lowest BCUT2D eigenvalue weighted by molar-refractivity contribution is 0.0673. The van der Waals surface area contributed by atoms with Crippen LogP contribution in [-0.2, 0) is 0 Å². The predicted octanol–water partition coefficient (Wildman–Crippen LogP) is 3.67. The van der Waals surface area contributed by atoms with Crippen LogP contribution in [0, 0.1) is 0 Å². The third kappa shape index (κ3) is 4.46.